The number of primary amides is 1. The van der Waals surface area contributed by atoms with E-state index in [2.05, 4.69) is 4.98 Å². The summed E-state index contributed by atoms with van der Waals surface area (Å²) in [5, 5.41) is 0.907. The Balaban J connectivity index is 1.66. The Kier molecular flexibility index (Phi) is 7.73. The number of carbonyl (C=O) groups excluding carboxylic acids is 2. The van der Waals surface area contributed by atoms with E-state index in [1.807, 2.05) is 29.2 Å². The van der Waals surface area contributed by atoms with Gasteiger partial charge in [0.25, 0.3) is 5.91 Å². The average Bonchev–Trinajstić information content (AvgIpc) is 3.25. The number of halogens is 6. The van der Waals surface area contributed by atoms with Gasteiger partial charge >= 0.3 is 12.4 Å². The molecule has 0 spiro atoms. The van der Waals surface area contributed by atoms with Gasteiger partial charge in [0.1, 0.15) is 0 Å². The molecule has 0 aliphatic carbocycles. The Morgan fingerprint density at radius 1 is 0.974 bits per heavy atom. The summed E-state index contributed by atoms with van der Waals surface area (Å²) in [6.07, 6.45) is -7.33. The molecule has 0 saturated carbocycles. The maximum Gasteiger partial charge on any atom is 0.416 e. The maximum atomic E-state index is 13.5. The van der Waals surface area contributed by atoms with Crippen molar-refractivity contribution in [2.75, 3.05) is 26.2 Å². The molecule has 3 N–H and O–H groups in total. The van der Waals surface area contributed by atoms with Crippen molar-refractivity contribution in [1.82, 2.24) is 14.8 Å². The molecule has 1 fully saturated rings. The van der Waals surface area contributed by atoms with Crippen LogP contribution >= 0.6 is 0 Å². The molecule has 0 radical (unpaired) electrons. The second kappa shape index (κ2) is 10.7. The number of benzene rings is 2. The van der Waals surface area contributed by atoms with Gasteiger partial charge in [-0.15, -0.1) is 0 Å². The quantitative estimate of drug-likeness (QED) is 0.421. The number of rotatable bonds is 7. The number of aromatic nitrogens is 1. The van der Waals surface area contributed by atoms with E-state index in [1.54, 1.807) is 6.20 Å². The van der Waals surface area contributed by atoms with Crippen molar-refractivity contribution in [3.63, 3.8) is 0 Å². The minimum Gasteiger partial charge on any atom is -0.370 e. The van der Waals surface area contributed by atoms with Crippen LogP contribution in [0.5, 0.6) is 0 Å². The first-order valence-corrected chi connectivity index (χ1v) is 12.0. The minimum absolute atomic E-state index is 0.0108. The molecule has 4 rings (SSSR count). The molecule has 2 aromatic carbocycles. The number of hydrogen-bond acceptors (Lipinski definition) is 3. The van der Waals surface area contributed by atoms with Crippen molar-refractivity contribution >= 4 is 22.7 Å². The summed E-state index contributed by atoms with van der Waals surface area (Å²) in [6.45, 7) is 1.28. The number of nitrogens with two attached hydrogens (primary N) is 1. The first kappa shape index (κ1) is 27.5. The SMILES string of the molecule is NC(=O)CCCN1CCN(C(=O)c2cc(C(F)(F)F)cc(C(F)(F)F)c2)[C@H](Cc2c[nH]c3ccccc23)C1. The average molecular weight is 541 g/mol. The molecule has 3 aromatic rings. The van der Waals surface area contributed by atoms with Crippen LogP contribution in [0.4, 0.5) is 26.3 Å². The first-order chi connectivity index (χ1) is 17.8. The number of aromatic amines is 1. The number of H-pyrrole nitrogens is 1. The van der Waals surface area contributed by atoms with Crippen LogP contribution in [0.3, 0.4) is 0 Å². The van der Waals surface area contributed by atoms with Crippen molar-refractivity contribution in [2.24, 2.45) is 5.73 Å². The number of para-hydroxylation sites is 1. The third kappa shape index (κ3) is 6.29. The van der Waals surface area contributed by atoms with E-state index in [4.69, 9.17) is 5.73 Å². The van der Waals surface area contributed by atoms with Crippen molar-refractivity contribution in [3.05, 3.63) is 70.9 Å². The molecule has 204 valence electrons. The number of nitrogens with one attached hydrogen (secondary N) is 1. The fourth-order valence-electron chi connectivity index (χ4n) is 4.84. The molecule has 1 aliphatic heterocycles. The van der Waals surface area contributed by atoms with Crippen molar-refractivity contribution in [1.29, 1.82) is 0 Å². The van der Waals surface area contributed by atoms with E-state index < -0.39 is 46.9 Å². The molecule has 0 unspecified atom stereocenters. The van der Waals surface area contributed by atoms with Crippen molar-refractivity contribution < 1.29 is 35.9 Å². The van der Waals surface area contributed by atoms with Crippen molar-refractivity contribution in [3.8, 4) is 0 Å². The van der Waals surface area contributed by atoms with Gasteiger partial charge in [0, 0.05) is 54.8 Å². The molecule has 38 heavy (non-hydrogen) atoms. The lowest BCUT2D eigenvalue weighted by molar-refractivity contribution is -0.143. The number of fused-ring (bicyclic) bond motifs is 1. The second-order valence-electron chi connectivity index (χ2n) is 9.38. The standard InChI is InChI=1S/C26H26F6N4O2/c27-25(28,29)18-10-16(11-19(13-18)26(30,31)32)24(38)36-9-8-35(7-3-6-23(33)37)15-20(36)12-17-14-34-22-5-2-1-4-21(17)22/h1-2,4-5,10-11,13-14,20,34H,3,6-9,12,15H2,(H2,33,37)/t20-/m1/s1. The minimum atomic E-state index is -5.06. The van der Waals surface area contributed by atoms with Gasteiger partial charge in [-0.3, -0.25) is 14.5 Å². The Morgan fingerprint density at radius 2 is 1.63 bits per heavy atom. The Hall–Kier alpha value is -3.54. The van der Waals surface area contributed by atoms with E-state index in [-0.39, 0.29) is 19.0 Å². The molecule has 1 atom stereocenters. The zero-order chi connectivity index (χ0) is 27.7. The van der Waals surface area contributed by atoms with Gasteiger partial charge in [0.15, 0.2) is 0 Å². The zero-order valence-electron chi connectivity index (χ0n) is 20.2. The number of nitrogens with zero attached hydrogens (tertiary/aromatic N) is 2. The monoisotopic (exact) mass is 540 g/mol. The molecule has 0 bridgehead atoms. The maximum absolute atomic E-state index is 13.5. The van der Waals surface area contributed by atoms with E-state index in [1.165, 1.54) is 4.90 Å². The first-order valence-electron chi connectivity index (χ1n) is 12.0. The lowest BCUT2D eigenvalue weighted by Crippen LogP contribution is -2.56. The summed E-state index contributed by atoms with van der Waals surface area (Å²) in [6, 6.07) is 7.89. The Labute approximate surface area is 214 Å². The van der Waals surface area contributed by atoms with Crippen LogP contribution in [0.15, 0.2) is 48.7 Å². The van der Waals surface area contributed by atoms with E-state index in [0.717, 1.165) is 16.5 Å². The largest absolute Gasteiger partial charge is 0.416 e. The molecule has 1 saturated heterocycles. The highest BCUT2D eigenvalue weighted by molar-refractivity contribution is 5.95. The molecule has 1 aliphatic rings. The summed E-state index contributed by atoms with van der Waals surface area (Å²) in [5.74, 6) is -1.35. The molecule has 12 heteroatoms. The molecular weight excluding hydrogens is 514 g/mol. The number of carbonyl (C=O) groups is 2. The molecule has 2 heterocycles. The predicted molar refractivity (Wildman–Crippen MR) is 128 cm³/mol. The summed E-state index contributed by atoms with van der Waals surface area (Å²) in [4.78, 5) is 31.1. The highest BCUT2D eigenvalue weighted by Gasteiger charge is 2.39. The van der Waals surface area contributed by atoms with Crippen LogP contribution in [0, 0.1) is 0 Å². The van der Waals surface area contributed by atoms with Gasteiger partial charge in [0.2, 0.25) is 5.91 Å². The van der Waals surface area contributed by atoms with Gasteiger partial charge in [-0.25, -0.2) is 0 Å². The van der Waals surface area contributed by atoms with Gasteiger partial charge in [-0.2, -0.15) is 26.3 Å². The number of hydrogen-bond donors (Lipinski definition) is 2. The molecule has 1 aromatic heterocycles. The van der Waals surface area contributed by atoms with E-state index in [0.29, 0.717) is 44.6 Å². The zero-order valence-corrected chi connectivity index (χ0v) is 20.2. The Bertz CT molecular complexity index is 1280. The number of amides is 2. The van der Waals surface area contributed by atoms with E-state index in [9.17, 15) is 35.9 Å². The van der Waals surface area contributed by atoms with Crippen LogP contribution < -0.4 is 5.73 Å². The Morgan fingerprint density at radius 3 is 2.26 bits per heavy atom. The van der Waals surface area contributed by atoms with Gasteiger partial charge in [0.05, 0.1) is 11.1 Å². The van der Waals surface area contributed by atoms with E-state index >= 15 is 0 Å². The summed E-state index contributed by atoms with van der Waals surface area (Å²) < 4.78 is 80.5. The van der Waals surface area contributed by atoms with Crippen molar-refractivity contribution in [2.45, 2.75) is 37.7 Å². The van der Waals surface area contributed by atoms with Gasteiger partial charge < -0.3 is 15.6 Å². The lowest BCUT2D eigenvalue weighted by atomic mass is 9.98. The van der Waals surface area contributed by atoms with Gasteiger partial charge in [-0.05, 0) is 49.2 Å². The topological polar surface area (TPSA) is 82.4 Å². The fraction of sp³-hybridized carbons (Fsp3) is 0.385. The normalized spacial score (nSPS) is 17.2. The van der Waals surface area contributed by atoms with Crippen LogP contribution in [0.2, 0.25) is 0 Å². The fourth-order valence-corrected chi connectivity index (χ4v) is 4.84. The van der Waals surface area contributed by atoms with Gasteiger partial charge in [-0.1, -0.05) is 18.2 Å². The predicted octanol–water partition coefficient (Wildman–Crippen LogP) is 4.84. The van der Waals surface area contributed by atoms with Crippen LogP contribution in [0.1, 0.15) is 39.9 Å². The number of piperazine rings is 1. The van der Waals surface area contributed by atoms with Crippen LogP contribution in [-0.4, -0.2) is 58.8 Å². The molecule has 6 nitrogen and oxygen atoms in total. The highest BCUT2D eigenvalue weighted by atomic mass is 19.4. The van der Waals surface area contributed by atoms with Crippen LogP contribution in [-0.2, 0) is 23.6 Å². The molecular formula is C26H26F6N4O2. The summed E-state index contributed by atoms with van der Waals surface area (Å²) in [5.41, 5.74) is 3.21. The van der Waals surface area contributed by atoms with Crippen LogP contribution in [0.25, 0.3) is 10.9 Å². The lowest BCUT2D eigenvalue weighted by Gasteiger charge is -2.42. The molecule has 2 amide bonds. The smallest absolute Gasteiger partial charge is 0.370 e. The third-order valence-corrected chi connectivity index (χ3v) is 6.69. The summed E-state index contributed by atoms with van der Waals surface area (Å²) in [7, 11) is 0. The third-order valence-electron chi connectivity index (χ3n) is 6.69. The highest BCUT2D eigenvalue weighted by Crippen LogP contribution is 2.37. The summed E-state index contributed by atoms with van der Waals surface area (Å²) >= 11 is 0. The second-order valence-corrected chi connectivity index (χ2v) is 9.38. The number of alkyl halides is 6.